The van der Waals surface area contributed by atoms with Gasteiger partial charge < -0.3 is 9.64 Å². The van der Waals surface area contributed by atoms with Gasteiger partial charge in [0, 0.05) is 19.7 Å². The number of hydrogen-bond acceptors (Lipinski definition) is 3. The van der Waals surface area contributed by atoms with E-state index in [1.54, 1.807) is 0 Å². The van der Waals surface area contributed by atoms with E-state index < -0.39 is 0 Å². The molecule has 0 amide bonds. The smallest absolute Gasteiger partial charge is 0.341 e. The van der Waals surface area contributed by atoms with Gasteiger partial charge >= 0.3 is 5.97 Å². The molecule has 0 radical (unpaired) electrons. The van der Waals surface area contributed by atoms with Crippen LogP contribution in [0.4, 0.5) is 5.69 Å². The first-order chi connectivity index (χ1) is 8.15. The predicted molar refractivity (Wildman–Crippen MR) is 68.5 cm³/mol. The molecule has 0 fully saturated rings. The molecule has 1 aromatic carbocycles. The minimum Gasteiger partial charge on any atom is -0.454 e. The monoisotopic (exact) mass is 233 g/mol. The fourth-order valence-corrected chi connectivity index (χ4v) is 2.28. The molecule has 0 aliphatic carbocycles. The van der Waals surface area contributed by atoms with Gasteiger partial charge in [-0.1, -0.05) is 25.5 Å². The van der Waals surface area contributed by atoms with Crippen LogP contribution < -0.4 is 4.90 Å². The number of carbonyl (C=O) groups excluding carboxylic acids is 1. The Morgan fingerprint density at radius 2 is 2.12 bits per heavy atom. The third-order valence-electron chi connectivity index (χ3n) is 3.18. The van der Waals surface area contributed by atoms with Gasteiger partial charge in [0.1, 0.15) is 6.10 Å². The molecule has 1 aliphatic rings. The van der Waals surface area contributed by atoms with Gasteiger partial charge in [0.15, 0.2) is 0 Å². The first-order valence-corrected chi connectivity index (χ1v) is 6.16. The van der Waals surface area contributed by atoms with Crippen molar-refractivity contribution in [3.8, 4) is 0 Å². The van der Waals surface area contributed by atoms with Crippen LogP contribution in [-0.2, 0) is 4.74 Å². The van der Waals surface area contributed by atoms with E-state index in [9.17, 15) is 4.79 Å². The Hall–Kier alpha value is -1.51. The minimum absolute atomic E-state index is 0.0441. The third-order valence-corrected chi connectivity index (χ3v) is 3.18. The average molecular weight is 233 g/mol. The summed E-state index contributed by atoms with van der Waals surface area (Å²) >= 11 is 0. The molecule has 0 bridgehead atoms. The molecule has 0 saturated carbocycles. The molecule has 1 unspecified atom stereocenters. The summed E-state index contributed by atoms with van der Waals surface area (Å²) in [5, 5.41) is 0. The highest BCUT2D eigenvalue weighted by Gasteiger charge is 2.33. The summed E-state index contributed by atoms with van der Waals surface area (Å²) in [5.41, 5.74) is 2.75. The molecular weight excluding hydrogens is 214 g/mol. The Balaban J connectivity index is 2.36. The van der Waals surface area contributed by atoms with Crippen molar-refractivity contribution in [3.05, 3.63) is 29.3 Å². The molecule has 0 spiro atoms. The summed E-state index contributed by atoms with van der Waals surface area (Å²) in [6.45, 7) is 2.15. The molecule has 0 N–H and O–H groups in total. The second kappa shape index (κ2) is 4.78. The van der Waals surface area contributed by atoms with E-state index in [0.29, 0.717) is 0 Å². The molecule has 92 valence electrons. The Morgan fingerprint density at radius 1 is 1.35 bits per heavy atom. The van der Waals surface area contributed by atoms with Gasteiger partial charge in [0.05, 0.1) is 11.3 Å². The maximum absolute atomic E-state index is 11.9. The fraction of sp³-hybridized carbons (Fsp3) is 0.500. The topological polar surface area (TPSA) is 29.5 Å². The molecule has 1 aromatic rings. The predicted octanol–water partition coefficient (Wildman–Crippen LogP) is 3.15. The van der Waals surface area contributed by atoms with E-state index in [2.05, 4.69) is 6.92 Å². The van der Waals surface area contributed by atoms with Crippen LogP contribution >= 0.6 is 0 Å². The fourth-order valence-electron chi connectivity index (χ4n) is 2.28. The lowest BCUT2D eigenvalue weighted by atomic mass is 9.99. The Labute approximate surface area is 102 Å². The third kappa shape index (κ3) is 2.14. The van der Waals surface area contributed by atoms with Gasteiger partial charge in [0.2, 0.25) is 0 Å². The van der Waals surface area contributed by atoms with Crippen molar-refractivity contribution in [2.45, 2.75) is 32.3 Å². The van der Waals surface area contributed by atoms with Crippen LogP contribution in [0, 0.1) is 0 Å². The summed E-state index contributed by atoms with van der Waals surface area (Å²) < 4.78 is 5.46. The zero-order valence-electron chi connectivity index (χ0n) is 10.7. The molecular formula is C14H19NO2. The number of nitrogens with zero attached hydrogens (tertiary/aromatic N) is 1. The van der Waals surface area contributed by atoms with E-state index in [-0.39, 0.29) is 12.1 Å². The number of fused-ring (bicyclic) bond motifs is 1. The normalized spacial score (nSPS) is 17.8. The maximum Gasteiger partial charge on any atom is 0.341 e. The van der Waals surface area contributed by atoms with Gasteiger partial charge in [-0.2, -0.15) is 0 Å². The second-order valence-corrected chi connectivity index (χ2v) is 4.67. The van der Waals surface area contributed by atoms with E-state index in [0.717, 1.165) is 36.1 Å². The maximum atomic E-state index is 11.9. The van der Waals surface area contributed by atoms with Crippen LogP contribution in [0.1, 0.15) is 48.2 Å². The highest BCUT2D eigenvalue weighted by molar-refractivity contribution is 6.00. The second-order valence-electron chi connectivity index (χ2n) is 4.67. The number of benzene rings is 1. The van der Waals surface area contributed by atoms with Crippen LogP contribution in [-0.4, -0.2) is 20.1 Å². The lowest BCUT2D eigenvalue weighted by Gasteiger charge is -2.15. The minimum atomic E-state index is -0.176. The number of anilines is 1. The lowest BCUT2D eigenvalue weighted by molar-refractivity contribution is 0.0364. The number of rotatable bonds is 4. The van der Waals surface area contributed by atoms with Crippen LogP contribution in [0.5, 0.6) is 0 Å². The summed E-state index contributed by atoms with van der Waals surface area (Å²) in [6, 6.07) is 5.96. The van der Waals surface area contributed by atoms with Gasteiger partial charge in [-0.05, 0) is 18.9 Å². The Kier molecular flexibility index (Phi) is 3.36. The molecule has 1 aliphatic heterocycles. The number of cyclic esters (lactones) is 1. The Bertz CT molecular complexity index is 426. The summed E-state index contributed by atoms with van der Waals surface area (Å²) in [6.07, 6.45) is 3.09. The number of carbonyl (C=O) groups is 1. The Morgan fingerprint density at radius 3 is 2.76 bits per heavy atom. The number of esters is 1. The zero-order valence-corrected chi connectivity index (χ0v) is 10.7. The van der Waals surface area contributed by atoms with Gasteiger partial charge in [-0.15, -0.1) is 0 Å². The van der Waals surface area contributed by atoms with E-state index in [4.69, 9.17) is 4.74 Å². The molecule has 0 saturated heterocycles. The highest BCUT2D eigenvalue weighted by Crippen LogP contribution is 2.38. The molecule has 1 heterocycles. The van der Waals surface area contributed by atoms with Crippen molar-refractivity contribution >= 4 is 11.7 Å². The molecule has 17 heavy (non-hydrogen) atoms. The van der Waals surface area contributed by atoms with E-state index in [1.165, 1.54) is 0 Å². The standard InChI is InChI=1S/C14H19NO2/c1-4-5-9-12-10-7-6-8-11(15(2)3)13(10)14(16)17-12/h6-8,12H,4-5,9H2,1-3H3. The highest BCUT2D eigenvalue weighted by atomic mass is 16.5. The van der Waals surface area contributed by atoms with Crippen molar-refractivity contribution in [2.24, 2.45) is 0 Å². The molecule has 3 nitrogen and oxygen atoms in total. The first kappa shape index (κ1) is 12.0. The van der Waals surface area contributed by atoms with Crippen molar-refractivity contribution < 1.29 is 9.53 Å². The molecule has 0 aromatic heterocycles. The molecule has 2 rings (SSSR count). The van der Waals surface area contributed by atoms with Crippen molar-refractivity contribution in [2.75, 3.05) is 19.0 Å². The average Bonchev–Trinajstić information content (AvgIpc) is 2.64. The van der Waals surface area contributed by atoms with Gasteiger partial charge in [0.25, 0.3) is 0 Å². The van der Waals surface area contributed by atoms with Crippen molar-refractivity contribution in [3.63, 3.8) is 0 Å². The van der Waals surface area contributed by atoms with Gasteiger partial charge in [-0.3, -0.25) is 0 Å². The van der Waals surface area contributed by atoms with Crippen LogP contribution in [0.25, 0.3) is 0 Å². The van der Waals surface area contributed by atoms with Crippen LogP contribution in [0.3, 0.4) is 0 Å². The zero-order chi connectivity index (χ0) is 12.4. The van der Waals surface area contributed by atoms with Crippen LogP contribution in [0.15, 0.2) is 18.2 Å². The summed E-state index contributed by atoms with van der Waals surface area (Å²) in [7, 11) is 3.89. The number of hydrogen-bond donors (Lipinski definition) is 0. The van der Waals surface area contributed by atoms with Crippen LogP contribution in [0.2, 0.25) is 0 Å². The largest absolute Gasteiger partial charge is 0.454 e. The number of ether oxygens (including phenoxy) is 1. The quantitative estimate of drug-likeness (QED) is 0.748. The SMILES string of the molecule is CCCCC1OC(=O)c2c1cccc2N(C)C. The molecule has 1 atom stereocenters. The van der Waals surface area contributed by atoms with Crippen molar-refractivity contribution in [1.29, 1.82) is 0 Å². The van der Waals surface area contributed by atoms with Gasteiger partial charge in [-0.25, -0.2) is 4.79 Å². The summed E-state index contributed by atoms with van der Waals surface area (Å²) in [5.74, 6) is -0.176. The van der Waals surface area contributed by atoms with Crippen molar-refractivity contribution in [1.82, 2.24) is 0 Å². The first-order valence-electron chi connectivity index (χ1n) is 6.16. The summed E-state index contributed by atoms with van der Waals surface area (Å²) in [4.78, 5) is 13.9. The lowest BCUT2D eigenvalue weighted by Crippen LogP contribution is -2.12. The van der Waals surface area contributed by atoms with E-state index >= 15 is 0 Å². The number of unbranched alkanes of at least 4 members (excludes halogenated alkanes) is 1. The molecule has 3 heteroatoms. The van der Waals surface area contributed by atoms with E-state index in [1.807, 2.05) is 37.2 Å².